The standard InChI is InChI=1S/C14H18N2O2.ClH/c1-18-14(17)7-9-15-8-6-11-10-16-13-5-3-2-4-12(11)13;/h2-5,10,15-16H,6-9H2,1H3;1H. The average Bonchev–Trinajstić information content (AvgIpc) is 2.81. The number of nitrogens with one attached hydrogen (secondary N) is 2. The van der Waals surface area contributed by atoms with Crippen molar-refractivity contribution in [2.75, 3.05) is 20.2 Å². The first kappa shape index (κ1) is 15.5. The number of benzene rings is 1. The maximum absolute atomic E-state index is 10.9. The predicted octanol–water partition coefficient (Wildman–Crippen LogP) is 2.28. The van der Waals surface area contributed by atoms with Crippen LogP contribution in [0.25, 0.3) is 10.9 Å². The minimum atomic E-state index is -0.172. The molecule has 5 heteroatoms. The molecule has 1 heterocycles. The van der Waals surface area contributed by atoms with Crippen LogP contribution in [0.15, 0.2) is 30.5 Å². The molecule has 0 radical (unpaired) electrons. The molecule has 0 spiro atoms. The number of para-hydroxylation sites is 1. The molecular weight excluding hydrogens is 264 g/mol. The van der Waals surface area contributed by atoms with Gasteiger partial charge in [-0.25, -0.2) is 0 Å². The fraction of sp³-hybridized carbons (Fsp3) is 0.357. The van der Waals surface area contributed by atoms with Gasteiger partial charge in [-0.1, -0.05) is 18.2 Å². The van der Waals surface area contributed by atoms with Gasteiger partial charge in [0.1, 0.15) is 0 Å². The summed E-state index contributed by atoms with van der Waals surface area (Å²) in [6, 6.07) is 8.26. The van der Waals surface area contributed by atoms with Crippen molar-refractivity contribution in [2.24, 2.45) is 0 Å². The fourth-order valence-electron chi connectivity index (χ4n) is 1.98. The molecule has 0 bridgehead atoms. The minimum Gasteiger partial charge on any atom is -0.469 e. The van der Waals surface area contributed by atoms with Crippen LogP contribution in [0.3, 0.4) is 0 Å². The number of hydrogen-bond donors (Lipinski definition) is 2. The molecule has 4 nitrogen and oxygen atoms in total. The molecule has 0 amide bonds. The van der Waals surface area contributed by atoms with E-state index < -0.39 is 0 Å². The van der Waals surface area contributed by atoms with Crippen molar-refractivity contribution in [1.82, 2.24) is 10.3 Å². The van der Waals surface area contributed by atoms with Crippen LogP contribution in [-0.2, 0) is 16.0 Å². The zero-order chi connectivity index (χ0) is 12.8. The summed E-state index contributed by atoms with van der Waals surface area (Å²) in [7, 11) is 1.41. The van der Waals surface area contributed by atoms with E-state index in [0.29, 0.717) is 13.0 Å². The number of halogens is 1. The Labute approximate surface area is 118 Å². The molecule has 2 aromatic rings. The summed E-state index contributed by atoms with van der Waals surface area (Å²) in [5, 5.41) is 4.51. The van der Waals surface area contributed by atoms with Crippen molar-refractivity contribution < 1.29 is 9.53 Å². The lowest BCUT2D eigenvalue weighted by atomic mass is 10.1. The Hall–Kier alpha value is -1.52. The van der Waals surface area contributed by atoms with Gasteiger partial charge in [0, 0.05) is 23.6 Å². The summed E-state index contributed by atoms with van der Waals surface area (Å²) in [5.74, 6) is -0.172. The van der Waals surface area contributed by atoms with Crippen LogP contribution in [0.4, 0.5) is 0 Å². The van der Waals surface area contributed by atoms with Crippen LogP contribution in [0.2, 0.25) is 0 Å². The van der Waals surface area contributed by atoms with Crippen molar-refractivity contribution in [1.29, 1.82) is 0 Å². The predicted molar refractivity (Wildman–Crippen MR) is 78.8 cm³/mol. The number of aromatic amines is 1. The number of fused-ring (bicyclic) bond motifs is 1. The van der Waals surface area contributed by atoms with Gasteiger partial charge in [0.2, 0.25) is 0 Å². The number of methoxy groups -OCH3 is 1. The van der Waals surface area contributed by atoms with Crippen LogP contribution in [-0.4, -0.2) is 31.2 Å². The Kier molecular flexibility index (Phi) is 6.39. The summed E-state index contributed by atoms with van der Waals surface area (Å²) >= 11 is 0. The maximum Gasteiger partial charge on any atom is 0.306 e. The van der Waals surface area contributed by atoms with Gasteiger partial charge in [-0.15, -0.1) is 12.4 Å². The Morgan fingerprint density at radius 3 is 2.89 bits per heavy atom. The second-order valence-corrected chi connectivity index (χ2v) is 4.19. The lowest BCUT2D eigenvalue weighted by Crippen LogP contribution is -2.21. The Balaban J connectivity index is 0.00000180. The van der Waals surface area contributed by atoms with Crippen LogP contribution in [0.1, 0.15) is 12.0 Å². The zero-order valence-electron chi connectivity index (χ0n) is 10.9. The molecule has 1 aromatic carbocycles. The van der Waals surface area contributed by atoms with Gasteiger partial charge in [-0.2, -0.15) is 0 Å². The molecule has 19 heavy (non-hydrogen) atoms. The number of carbonyl (C=O) groups is 1. The average molecular weight is 283 g/mol. The molecule has 2 N–H and O–H groups in total. The van der Waals surface area contributed by atoms with Crippen LogP contribution in [0.5, 0.6) is 0 Å². The summed E-state index contributed by atoms with van der Waals surface area (Å²) in [5.41, 5.74) is 2.47. The number of esters is 1. The lowest BCUT2D eigenvalue weighted by molar-refractivity contribution is -0.140. The highest BCUT2D eigenvalue weighted by Gasteiger charge is 2.02. The molecule has 2 rings (SSSR count). The van der Waals surface area contributed by atoms with Crippen molar-refractivity contribution in [3.05, 3.63) is 36.0 Å². The van der Waals surface area contributed by atoms with Gasteiger partial charge >= 0.3 is 5.97 Å². The number of rotatable bonds is 6. The van der Waals surface area contributed by atoms with Gasteiger partial charge in [0.05, 0.1) is 13.5 Å². The van der Waals surface area contributed by atoms with Crippen molar-refractivity contribution >= 4 is 29.3 Å². The van der Waals surface area contributed by atoms with E-state index in [4.69, 9.17) is 0 Å². The third-order valence-corrected chi connectivity index (χ3v) is 2.98. The topological polar surface area (TPSA) is 54.1 Å². The molecule has 0 saturated carbocycles. The Morgan fingerprint density at radius 2 is 2.11 bits per heavy atom. The largest absolute Gasteiger partial charge is 0.469 e. The van der Waals surface area contributed by atoms with E-state index in [0.717, 1.165) is 13.0 Å². The van der Waals surface area contributed by atoms with E-state index in [1.165, 1.54) is 23.6 Å². The number of H-pyrrole nitrogens is 1. The first-order chi connectivity index (χ1) is 8.81. The highest BCUT2D eigenvalue weighted by Crippen LogP contribution is 2.17. The summed E-state index contributed by atoms with van der Waals surface area (Å²) in [4.78, 5) is 14.2. The monoisotopic (exact) mass is 282 g/mol. The second-order valence-electron chi connectivity index (χ2n) is 4.19. The van der Waals surface area contributed by atoms with Gasteiger partial charge in [0.15, 0.2) is 0 Å². The quantitative estimate of drug-likeness (QED) is 0.631. The van der Waals surface area contributed by atoms with Crippen LogP contribution in [0, 0.1) is 0 Å². The molecule has 0 aliphatic heterocycles. The molecule has 0 saturated heterocycles. The number of ether oxygens (including phenoxy) is 1. The normalized spacial score (nSPS) is 10.2. The summed E-state index contributed by atoms with van der Waals surface area (Å²) in [6.45, 7) is 1.52. The molecule has 104 valence electrons. The van der Waals surface area contributed by atoms with Crippen LogP contribution >= 0.6 is 12.4 Å². The van der Waals surface area contributed by atoms with Gasteiger partial charge < -0.3 is 15.0 Å². The SMILES string of the molecule is COC(=O)CCNCCc1c[nH]c2ccccc12.Cl. The van der Waals surface area contributed by atoms with Crippen molar-refractivity contribution in [3.63, 3.8) is 0 Å². The second kappa shape index (κ2) is 7.81. The molecule has 0 fully saturated rings. The molecular formula is C14H19ClN2O2. The molecule has 1 aromatic heterocycles. The lowest BCUT2D eigenvalue weighted by Gasteiger charge is -2.03. The van der Waals surface area contributed by atoms with Gasteiger partial charge in [0.25, 0.3) is 0 Å². The molecule has 0 atom stereocenters. The Bertz CT molecular complexity index is 525. The van der Waals surface area contributed by atoms with Gasteiger partial charge in [-0.3, -0.25) is 4.79 Å². The first-order valence-corrected chi connectivity index (χ1v) is 6.14. The van der Waals surface area contributed by atoms with E-state index >= 15 is 0 Å². The molecule has 0 aliphatic rings. The van der Waals surface area contributed by atoms with Gasteiger partial charge in [-0.05, 0) is 24.6 Å². The fourth-order valence-corrected chi connectivity index (χ4v) is 1.98. The summed E-state index contributed by atoms with van der Waals surface area (Å²) in [6.07, 6.45) is 3.42. The van der Waals surface area contributed by atoms with Crippen molar-refractivity contribution in [2.45, 2.75) is 12.8 Å². The maximum atomic E-state index is 10.9. The van der Waals surface area contributed by atoms with E-state index in [1.54, 1.807) is 0 Å². The smallest absolute Gasteiger partial charge is 0.306 e. The molecule has 0 aliphatic carbocycles. The third kappa shape index (κ3) is 4.26. The minimum absolute atomic E-state index is 0. The van der Waals surface area contributed by atoms with E-state index in [2.05, 4.69) is 27.2 Å². The zero-order valence-corrected chi connectivity index (χ0v) is 11.8. The summed E-state index contributed by atoms with van der Waals surface area (Å²) < 4.78 is 4.58. The third-order valence-electron chi connectivity index (χ3n) is 2.98. The number of hydrogen-bond acceptors (Lipinski definition) is 3. The molecule has 0 unspecified atom stereocenters. The van der Waals surface area contributed by atoms with E-state index in [1.807, 2.05) is 18.3 Å². The van der Waals surface area contributed by atoms with E-state index in [-0.39, 0.29) is 18.4 Å². The number of aromatic nitrogens is 1. The van der Waals surface area contributed by atoms with Crippen molar-refractivity contribution in [3.8, 4) is 0 Å². The first-order valence-electron chi connectivity index (χ1n) is 6.14. The highest BCUT2D eigenvalue weighted by atomic mass is 35.5. The Morgan fingerprint density at radius 1 is 1.32 bits per heavy atom. The van der Waals surface area contributed by atoms with Crippen LogP contribution < -0.4 is 5.32 Å². The number of carbonyl (C=O) groups excluding carboxylic acids is 1. The highest BCUT2D eigenvalue weighted by molar-refractivity contribution is 5.85. The van der Waals surface area contributed by atoms with E-state index in [9.17, 15) is 4.79 Å².